The maximum absolute atomic E-state index is 12.0. The van der Waals surface area contributed by atoms with E-state index in [0.717, 1.165) is 0 Å². The average molecular weight is 450 g/mol. The Bertz CT molecular complexity index is 698. The Labute approximate surface area is 192 Å². The number of rotatable bonds is 14. The SMILES string of the molecule is CC.CNCCNC(=O)c1cccc(OCCOCCOCC(=O)NCC#CC(C)C)c1. The highest BCUT2D eigenvalue weighted by Crippen LogP contribution is 2.13. The number of carbonyl (C=O) groups excluding carboxylic acids is 2. The van der Waals surface area contributed by atoms with Gasteiger partial charge < -0.3 is 30.2 Å². The van der Waals surface area contributed by atoms with E-state index in [2.05, 4.69) is 27.8 Å². The summed E-state index contributed by atoms with van der Waals surface area (Å²) >= 11 is 0. The molecule has 8 nitrogen and oxygen atoms in total. The summed E-state index contributed by atoms with van der Waals surface area (Å²) in [5.74, 6) is 6.39. The van der Waals surface area contributed by atoms with Gasteiger partial charge in [-0.05, 0) is 25.2 Å². The summed E-state index contributed by atoms with van der Waals surface area (Å²) in [4.78, 5) is 23.6. The maximum Gasteiger partial charge on any atom is 0.251 e. The van der Waals surface area contributed by atoms with Crippen molar-refractivity contribution in [3.05, 3.63) is 29.8 Å². The van der Waals surface area contributed by atoms with Gasteiger partial charge in [0.05, 0.1) is 26.4 Å². The van der Waals surface area contributed by atoms with Crippen LogP contribution in [0.15, 0.2) is 24.3 Å². The Kier molecular flexibility index (Phi) is 18.7. The van der Waals surface area contributed by atoms with Crippen molar-refractivity contribution < 1.29 is 23.8 Å². The molecule has 0 saturated heterocycles. The minimum absolute atomic E-state index is 0.0214. The van der Waals surface area contributed by atoms with Gasteiger partial charge >= 0.3 is 0 Å². The third-order valence-electron chi connectivity index (χ3n) is 3.62. The number of likely N-dealkylation sites (N-methyl/N-ethyl adjacent to an activating group) is 1. The number of amides is 2. The van der Waals surface area contributed by atoms with Crippen LogP contribution in [0.2, 0.25) is 0 Å². The van der Waals surface area contributed by atoms with Crippen molar-refractivity contribution in [2.24, 2.45) is 5.92 Å². The molecule has 0 radical (unpaired) electrons. The van der Waals surface area contributed by atoms with Crippen molar-refractivity contribution in [1.82, 2.24) is 16.0 Å². The fraction of sp³-hybridized carbons (Fsp3) is 0.583. The van der Waals surface area contributed by atoms with Crippen molar-refractivity contribution in [3.63, 3.8) is 0 Å². The largest absolute Gasteiger partial charge is 0.491 e. The van der Waals surface area contributed by atoms with Gasteiger partial charge in [-0.15, -0.1) is 0 Å². The third-order valence-corrected chi connectivity index (χ3v) is 3.62. The highest BCUT2D eigenvalue weighted by molar-refractivity contribution is 5.94. The molecule has 0 heterocycles. The summed E-state index contributed by atoms with van der Waals surface area (Å²) in [5.41, 5.74) is 0.548. The Balaban J connectivity index is 0.00000466. The number of nitrogens with one attached hydrogen (secondary N) is 3. The second kappa shape index (κ2) is 20.3. The molecular formula is C24H39N3O5. The first-order valence-corrected chi connectivity index (χ1v) is 11.1. The summed E-state index contributed by atoms with van der Waals surface area (Å²) < 4.78 is 16.3. The predicted molar refractivity (Wildman–Crippen MR) is 127 cm³/mol. The molecule has 0 aromatic heterocycles. The van der Waals surface area contributed by atoms with Crippen LogP contribution in [0.5, 0.6) is 5.75 Å². The van der Waals surface area contributed by atoms with E-state index >= 15 is 0 Å². The van der Waals surface area contributed by atoms with E-state index in [4.69, 9.17) is 14.2 Å². The fourth-order valence-corrected chi connectivity index (χ4v) is 2.18. The smallest absolute Gasteiger partial charge is 0.251 e. The van der Waals surface area contributed by atoms with Gasteiger partial charge in [-0.25, -0.2) is 0 Å². The maximum atomic E-state index is 12.0. The molecule has 32 heavy (non-hydrogen) atoms. The van der Waals surface area contributed by atoms with E-state index in [1.165, 1.54) is 0 Å². The van der Waals surface area contributed by atoms with Crippen molar-refractivity contribution in [1.29, 1.82) is 0 Å². The Morgan fingerprint density at radius 2 is 1.72 bits per heavy atom. The number of hydrogen-bond acceptors (Lipinski definition) is 6. The van der Waals surface area contributed by atoms with Crippen LogP contribution in [-0.4, -0.2) is 71.5 Å². The van der Waals surface area contributed by atoms with E-state index in [1.54, 1.807) is 24.3 Å². The van der Waals surface area contributed by atoms with Crippen LogP contribution < -0.4 is 20.7 Å². The van der Waals surface area contributed by atoms with Gasteiger partial charge in [-0.2, -0.15) is 0 Å². The molecule has 1 aromatic rings. The van der Waals surface area contributed by atoms with E-state index in [1.807, 2.05) is 34.7 Å². The normalized spacial score (nSPS) is 9.81. The Morgan fingerprint density at radius 1 is 1.00 bits per heavy atom. The first-order chi connectivity index (χ1) is 15.5. The lowest BCUT2D eigenvalue weighted by Crippen LogP contribution is -2.30. The molecule has 0 spiro atoms. The molecule has 0 atom stereocenters. The summed E-state index contributed by atoms with van der Waals surface area (Å²) in [7, 11) is 1.83. The first-order valence-electron chi connectivity index (χ1n) is 11.1. The zero-order valence-corrected chi connectivity index (χ0v) is 20.1. The van der Waals surface area contributed by atoms with Crippen LogP contribution in [0.3, 0.4) is 0 Å². The number of hydrogen-bond donors (Lipinski definition) is 3. The Morgan fingerprint density at radius 3 is 2.44 bits per heavy atom. The van der Waals surface area contributed by atoms with E-state index in [0.29, 0.717) is 57.4 Å². The summed E-state index contributed by atoms with van der Waals surface area (Å²) in [6.07, 6.45) is 0. The van der Waals surface area contributed by atoms with Gasteiger partial charge in [0.15, 0.2) is 0 Å². The van der Waals surface area contributed by atoms with Crippen molar-refractivity contribution in [3.8, 4) is 17.6 Å². The van der Waals surface area contributed by atoms with E-state index < -0.39 is 0 Å². The second-order valence-corrected chi connectivity index (χ2v) is 6.65. The van der Waals surface area contributed by atoms with Gasteiger partial charge in [-0.1, -0.05) is 45.6 Å². The summed E-state index contributed by atoms with van der Waals surface area (Å²) in [6, 6.07) is 7.00. The molecule has 8 heteroatoms. The average Bonchev–Trinajstić information content (AvgIpc) is 2.80. The number of carbonyl (C=O) groups is 2. The topological polar surface area (TPSA) is 97.9 Å². The molecule has 1 rings (SSSR count). The molecule has 0 aliphatic heterocycles. The predicted octanol–water partition coefficient (Wildman–Crippen LogP) is 1.85. The van der Waals surface area contributed by atoms with Gasteiger partial charge in [0, 0.05) is 24.6 Å². The van der Waals surface area contributed by atoms with Crippen molar-refractivity contribution in [2.75, 3.05) is 59.7 Å². The molecular weight excluding hydrogens is 410 g/mol. The van der Waals surface area contributed by atoms with Crippen LogP contribution in [0.1, 0.15) is 38.1 Å². The molecule has 1 aromatic carbocycles. The Hall–Kier alpha value is -2.60. The quantitative estimate of drug-likeness (QED) is 0.296. The highest BCUT2D eigenvalue weighted by atomic mass is 16.5. The monoisotopic (exact) mass is 449 g/mol. The lowest BCUT2D eigenvalue weighted by molar-refractivity contribution is -0.126. The number of ether oxygens (including phenoxy) is 3. The fourth-order valence-electron chi connectivity index (χ4n) is 2.18. The standard InChI is InChI=1S/C22H33N3O5.C2H6/c1-18(2)6-5-9-24-21(26)17-29-13-12-28-14-15-30-20-8-4-7-19(16-20)22(27)25-11-10-23-3;1-2/h4,7-8,16,18,23H,9-15,17H2,1-3H3,(H,24,26)(H,25,27);1-2H3. The van der Waals surface area contributed by atoms with E-state index in [-0.39, 0.29) is 24.3 Å². The molecule has 0 aliphatic carbocycles. The third kappa shape index (κ3) is 16.1. The molecule has 0 unspecified atom stereocenters. The van der Waals surface area contributed by atoms with Crippen molar-refractivity contribution >= 4 is 11.8 Å². The molecule has 0 aliphatic rings. The molecule has 0 saturated carbocycles. The molecule has 0 fully saturated rings. The van der Waals surface area contributed by atoms with Crippen LogP contribution in [0.25, 0.3) is 0 Å². The zero-order valence-electron chi connectivity index (χ0n) is 20.1. The minimum Gasteiger partial charge on any atom is -0.491 e. The first kappa shape index (κ1) is 29.4. The lowest BCUT2D eigenvalue weighted by Gasteiger charge is -2.09. The molecule has 180 valence electrons. The van der Waals surface area contributed by atoms with Crippen LogP contribution >= 0.6 is 0 Å². The van der Waals surface area contributed by atoms with Crippen LogP contribution in [0, 0.1) is 17.8 Å². The van der Waals surface area contributed by atoms with Gasteiger partial charge in [0.25, 0.3) is 5.91 Å². The van der Waals surface area contributed by atoms with Gasteiger partial charge in [0.1, 0.15) is 19.0 Å². The lowest BCUT2D eigenvalue weighted by atomic mass is 10.2. The van der Waals surface area contributed by atoms with Gasteiger partial charge in [0.2, 0.25) is 5.91 Å². The van der Waals surface area contributed by atoms with E-state index in [9.17, 15) is 9.59 Å². The summed E-state index contributed by atoms with van der Waals surface area (Å²) in [5, 5.41) is 8.45. The molecule has 3 N–H and O–H groups in total. The highest BCUT2D eigenvalue weighted by Gasteiger charge is 2.06. The molecule has 0 bridgehead atoms. The minimum atomic E-state index is -0.203. The van der Waals surface area contributed by atoms with Crippen LogP contribution in [-0.2, 0) is 14.3 Å². The second-order valence-electron chi connectivity index (χ2n) is 6.65. The molecule has 2 amide bonds. The zero-order chi connectivity index (χ0) is 24.0. The summed E-state index contributed by atoms with van der Waals surface area (Å²) in [6.45, 7) is 11.0. The van der Waals surface area contributed by atoms with Crippen LogP contribution in [0.4, 0.5) is 0 Å². The van der Waals surface area contributed by atoms with Crippen molar-refractivity contribution in [2.45, 2.75) is 27.7 Å². The number of benzene rings is 1. The van der Waals surface area contributed by atoms with Gasteiger partial charge in [-0.3, -0.25) is 9.59 Å².